The van der Waals surface area contributed by atoms with Crippen LogP contribution in [0.15, 0.2) is 24.4 Å². The van der Waals surface area contributed by atoms with Crippen molar-refractivity contribution < 1.29 is 4.74 Å². The number of nitrogens with one attached hydrogen (secondary N) is 1. The molecule has 19 heavy (non-hydrogen) atoms. The molecule has 1 aromatic rings. The quantitative estimate of drug-likeness (QED) is 0.906. The molecule has 1 aromatic heterocycles. The minimum absolute atomic E-state index is 0.194. The van der Waals surface area contributed by atoms with Crippen molar-refractivity contribution in [3.05, 3.63) is 30.1 Å². The maximum Gasteiger partial charge on any atom is 0.0697 e. The Balaban J connectivity index is 1.60. The fourth-order valence-electron chi connectivity index (χ4n) is 3.61. The van der Waals surface area contributed by atoms with Crippen molar-refractivity contribution in [3.8, 4) is 0 Å². The zero-order valence-corrected chi connectivity index (χ0v) is 11.8. The second-order valence-corrected chi connectivity index (χ2v) is 6.07. The Kier molecular flexibility index (Phi) is 3.85. The Morgan fingerprint density at radius 3 is 2.95 bits per heavy atom. The van der Waals surface area contributed by atoms with Gasteiger partial charge in [-0.25, -0.2) is 0 Å². The second-order valence-electron chi connectivity index (χ2n) is 6.07. The summed E-state index contributed by atoms with van der Waals surface area (Å²) in [7, 11) is 0. The van der Waals surface area contributed by atoms with Gasteiger partial charge in [0.2, 0.25) is 0 Å². The lowest BCUT2D eigenvalue weighted by Gasteiger charge is -2.39. The van der Waals surface area contributed by atoms with E-state index in [1.165, 1.54) is 32.1 Å². The first-order valence-corrected chi connectivity index (χ1v) is 7.58. The van der Waals surface area contributed by atoms with E-state index in [0.29, 0.717) is 12.1 Å². The number of ether oxygens (including phenoxy) is 1. The smallest absolute Gasteiger partial charge is 0.0697 e. The molecule has 1 spiro atoms. The molecule has 0 aromatic carbocycles. The van der Waals surface area contributed by atoms with E-state index in [0.717, 1.165) is 18.7 Å². The van der Waals surface area contributed by atoms with Crippen molar-refractivity contribution in [1.82, 2.24) is 10.3 Å². The van der Waals surface area contributed by atoms with Gasteiger partial charge in [-0.3, -0.25) is 4.98 Å². The Morgan fingerprint density at radius 2 is 2.21 bits per heavy atom. The summed E-state index contributed by atoms with van der Waals surface area (Å²) in [5.41, 5.74) is 1.33. The molecule has 3 heteroatoms. The maximum atomic E-state index is 6.09. The Labute approximate surface area is 115 Å². The van der Waals surface area contributed by atoms with Crippen molar-refractivity contribution in [2.45, 2.75) is 63.1 Å². The van der Waals surface area contributed by atoms with Crippen LogP contribution in [0.3, 0.4) is 0 Å². The zero-order chi connectivity index (χ0) is 13.1. The molecule has 1 saturated carbocycles. The van der Waals surface area contributed by atoms with Crippen molar-refractivity contribution in [3.63, 3.8) is 0 Å². The molecule has 2 atom stereocenters. The molecule has 1 aliphatic carbocycles. The van der Waals surface area contributed by atoms with Crippen LogP contribution < -0.4 is 5.32 Å². The van der Waals surface area contributed by atoms with Crippen molar-refractivity contribution >= 4 is 0 Å². The standard InChI is InChI=1S/C16H24N2O/c1-13(15-6-2-5-10-17-15)18-14-7-11-19-16(12-14)8-3-4-9-16/h2,5-6,10,13-14,18H,3-4,7-9,11-12H2,1H3/t13-,14?/m1/s1. The van der Waals surface area contributed by atoms with E-state index in [-0.39, 0.29) is 5.60 Å². The average molecular weight is 260 g/mol. The number of aromatic nitrogens is 1. The van der Waals surface area contributed by atoms with Gasteiger partial charge >= 0.3 is 0 Å². The topological polar surface area (TPSA) is 34.1 Å². The second kappa shape index (κ2) is 5.59. The lowest BCUT2D eigenvalue weighted by atomic mass is 9.88. The molecule has 1 saturated heterocycles. The number of rotatable bonds is 3. The lowest BCUT2D eigenvalue weighted by Crippen LogP contribution is -2.46. The van der Waals surface area contributed by atoms with Gasteiger partial charge in [0.05, 0.1) is 11.3 Å². The molecular formula is C16H24N2O. The largest absolute Gasteiger partial charge is 0.375 e. The highest BCUT2D eigenvalue weighted by Crippen LogP contribution is 2.40. The van der Waals surface area contributed by atoms with Crippen LogP contribution in [0, 0.1) is 0 Å². The van der Waals surface area contributed by atoms with E-state index in [9.17, 15) is 0 Å². The lowest BCUT2D eigenvalue weighted by molar-refractivity contribution is -0.0846. The molecule has 2 fully saturated rings. The third-order valence-corrected chi connectivity index (χ3v) is 4.62. The predicted octanol–water partition coefficient (Wildman–Crippen LogP) is 3.22. The number of hydrogen-bond acceptors (Lipinski definition) is 3. The zero-order valence-electron chi connectivity index (χ0n) is 11.8. The fourth-order valence-corrected chi connectivity index (χ4v) is 3.61. The minimum atomic E-state index is 0.194. The summed E-state index contributed by atoms with van der Waals surface area (Å²) in [5, 5.41) is 3.74. The molecule has 1 N–H and O–H groups in total. The van der Waals surface area contributed by atoms with Crippen molar-refractivity contribution in [2.24, 2.45) is 0 Å². The van der Waals surface area contributed by atoms with Crippen LogP contribution in [0.4, 0.5) is 0 Å². The first-order valence-electron chi connectivity index (χ1n) is 7.58. The molecule has 0 radical (unpaired) electrons. The van der Waals surface area contributed by atoms with Crippen LogP contribution in [0.1, 0.15) is 57.2 Å². The van der Waals surface area contributed by atoms with E-state index >= 15 is 0 Å². The van der Waals surface area contributed by atoms with E-state index in [2.05, 4.69) is 29.4 Å². The molecule has 0 bridgehead atoms. The maximum absolute atomic E-state index is 6.09. The van der Waals surface area contributed by atoms with Crippen LogP contribution in [-0.2, 0) is 4.74 Å². The van der Waals surface area contributed by atoms with Gasteiger partial charge in [0, 0.05) is 24.9 Å². The van der Waals surface area contributed by atoms with Gasteiger partial charge in [0.25, 0.3) is 0 Å². The Morgan fingerprint density at radius 1 is 1.37 bits per heavy atom. The van der Waals surface area contributed by atoms with E-state index in [1.54, 1.807) is 0 Å². The summed E-state index contributed by atoms with van der Waals surface area (Å²) >= 11 is 0. The van der Waals surface area contributed by atoms with Gasteiger partial charge in [0.15, 0.2) is 0 Å². The fraction of sp³-hybridized carbons (Fsp3) is 0.688. The molecule has 3 nitrogen and oxygen atoms in total. The van der Waals surface area contributed by atoms with Crippen LogP contribution in [0.5, 0.6) is 0 Å². The number of pyridine rings is 1. The minimum Gasteiger partial charge on any atom is -0.375 e. The molecule has 2 heterocycles. The molecule has 1 unspecified atom stereocenters. The highest BCUT2D eigenvalue weighted by atomic mass is 16.5. The monoisotopic (exact) mass is 260 g/mol. The van der Waals surface area contributed by atoms with Gasteiger partial charge in [-0.1, -0.05) is 18.9 Å². The average Bonchev–Trinajstić information content (AvgIpc) is 2.88. The van der Waals surface area contributed by atoms with Crippen LogP contribution in [0.2, 0.25) is 0 Å². The third kappa shape index (κ3) is 2.98. The molecule has 104 valence electrons. The Hall–Kier alpha value is -0.930. The van der Waals surface area contributed by atoms with Crippen molar-refractivity contribution in [2.75, 3.05) is 6.61 Å². The van der Waals surface area contributed by atoms with Crippen LogP contribution in [-0.4, -0.2) is 23.2 Å². The van der Waals surface area contributed by atoms with Gasteiger partial charge in [0.1, 0.15) is 0 Å². The highest BCUT2D eigenvalue weighted by Gasteiger charge is 2.40. The van der Waals surface area contributed by atoms with Crippen LogP contribution in [0.25, 0.3) is 0 Å². The van der Waals surface area contributed by atoms with Gasteiger partial charge in [-0.2, -0.15) is 0 Å². The summed E-state index contributed by atoms with van der Waals surface area (Å²) in [5.74, 6) is 0. The van der Waals surface area contributed by atoms with Gasteiger partial charge in [-0.15, -0.1) is 0 Å². The van der Waals surface area contributed by atoms with Gasteiger partial charge in [-0.05, 0) is 44.7 Å². The highest BCUT2D eigenvalue weighted by molar-refractivity contribution is 5.08. The number of nitrogens with zero attached hydrogens (tertiary/aromatic N) is 1. The first-order chi connectivity index (χ1) is 9.27. The van der Waals surface area contributed by atoms with E-state index in [1.807, 2.05) is 12.3 Å². The van der Waals surface area contributed by atoms with Crippen molar-refractivity contribution in [1.29, 1.82) is 0 Å². The first kappa shape index (κ1) is 13.1. The molecule has 1 aliphatic heterocycles. The molecule has 0 amide bonds. The summed E-state index contributed by atoms with van der Waals surface area (Å²) < 4.78 is 6.09. The summed E-state index contributed by atoms with van der Waals surface area (Å²) in [6.07, 6.45) is 9.34. The summed E-state index contributed by atoms with van der Waals surface area (Å²) in [6.45, 7) is 3.12. The normalized spacial score (nSPS) is 27.5. The van der Waals surface area contributed by atoms with E-state index < -0.39 is 0 Å². The van der Waals surface area contributed by atoms with E-state index in [4.69, 9.17) is 4.74 Å². The molecular weight excluding hydrogens is 236 g/mol. The molecule has 2 aliphatic rings. The predicted molar refractivity (Wildman–Crippen MR) is 76.0 cm³/mol. The SMILES string of the molecule is C[C@@H](NC1CCOC2(CCCC2)C1)c1ccccn1. The Bertz CT molecular complexity index is 400. The number of hydrogen-bond donors (Lipinski definition) is 1. The van der Waals surface area contributed by atoms with Crippen LogP contribution >= 0.6 is 0 Å². The summed E-state index contributed by atoms with van der Waals surface area (Å²) in [6, 6.07) is 7.02. The molecule has 3 rings (SSSR count). The summed E-state index contributed by atoms with van der Waals surface area (Å²) in [4.78, 5) is 4.44. The van der Waals surface area contributed by atoms with Gasteiger partial charge < -0.3 is 10.1 Å². The third-order valence-electron chi connectivity index (χ3n) is 4.62.